The molecule has 0 bridgehead atoms. The van der Waals surface area contributed by atoms with Crippen molar-refractivity contribution in [3.05, 3.63) is 35.9 Å². The number of carbonyl (C=O) groups is 1. The number of imidazole rings is 1. The van der Waals surface area contributed by atoms with E-state index >= 15 is 0 Å². The number of amides is 1. The van der Waals surface area contributed by atoms with Gasteiger partial charge in [0.05, 0.1) is 42.0 Å². The van der Waals surface area contributed by atoms with Crippen molar-refractivity contribution in [3.8, 4) is 0 Å². The molecule has 37 heavy (non-hydrogen) atoms. The minimum Gasteiger partial charge on any atom is -0.393 e. The van der Waals surface area contributed by atoms with Crippen LogP contribution in [0.1, 0.15) is 92.5 Å². The number of alkyl halides is 2. The van der Waals surface area contributed by atoms with Crippen LogP contribution in [-0.4, -0.2) is 63.9 Å². The first-order valence-electron chi connectivity index (χ1n) is 12.4. The van der Waals surface area contributed by atoms with Crippen LogP contribution >= 0.6 is 12.4 Å². The van der Waals surface area contributed by atoms with Gasteiger partial charge >= 0.3 is 0 Å². The molecule has 1 aliphatic carbocycles. The monoisotopic (exact) mass is 539 g/mol. The largest absolute Gasteiger partial charge is 0.393 e. The van der Waals surface area contributed by atoms with Crippen molar-refractivity contribution in [3.63, 3.8) is 0 Å². The van der Waals surface area contributed by atoms with Gasteiger partial charge in [-0.25, -0.2) is 32.9 Å². The molecule has 1 aliphatic heterocycles. The Balaban J connectivity index is 0.00000320. The molecule has 1 amide bonds. The summed E-state index contributed by atoms with van der Waals surface area (Å²) < 4.78 is 30.9. The minimum atomic E-state index is -2.70. The summed E-state index contributed by atoms with van der Waals surface area (Å²) in [6.45, 7) is 4.46. The summed E-state index contributed by atoms with van der Waals surface area (Å²) in [5.74, 6) is -2.88. The summed E-state index contributed by atoms with van der Waals surface area (Å²) in [6.07, 6.45) is 5.47. The number of hydrogen-bond acceptors (Lipinski definition) is 8. The maximum Gasteiger partial charge on any atom is 0.289 e. The van der Waals surface area contributed by atoms with Crippen LogP contribution in [0.4, 0.5) is 8.78 Å². The Morgan fingerprint density at radius 3 is 2.68 bits per heavy atom. The quantitative estimate of drug-likeness (QED) is 0.435. The predicted octanol–water partition coefficient (Wildman–Crippen LogP) is 2.80. The number of rotatable bonds is 6. The number of fused-ring (bicyclic) bond motifs is 1. The second-order valence-electron chi connectivity index (χ2n) is 10.0. The fourth-order valence-corrected chi connectivity index (χ4v) is 5.07. The van der Waals surface area contributed by atoms with Crippen LogP contribution in [0.3, 0.4) is 0 Å². The highest BCUT2D eigenvalue weighted by atomic mass is 35.5. The molecule has 0 unspecified atom stereocenters. The molecule has 14 heteroatoms. The Labute approximate surface area is 218 Å². The maximum absolute atomic E-state index is 13.9. The topological polar surface area (TPSA) is 135 Å². The van der Waals surface area contributed by atoms with Crippen LogP contribution in [0.5, 0.6) is 0 Å². The first-order chi connectivity index (χ1) is 17.2. The second-order valence-corrected chi connectivity index (χ2v) is 10.0. The highest BCUT2D eigenvalue weighted by molar-refractivity contribution is 5.90. The third-order valence-electron chi connectivity index (χ3n) is 7.07. The molecule has 3 aromatic heterocycles. The van der Waals surface area contributed by atoms with Crippen LogP contribution in [0.15, 0.2) is 18.7 Å². The number of aliphatic hydroxyl groups is 1. The normalized spacial score (nSPS) is 23.1. The fourth-order valence-electron chi connectivity index (χ4n) is 5.07. The van der Waals surface area contributed by atoms with Crippen molar-refractivity contribution in [1.82, 2.24) is 45.0 Å². The van der Waals surface area contributed by atoms with Gasteiger partial charge in [0.15, 0.2) is 0 Å². The third-order valence-corrected chi connectivity index (χ3v) is 7.07. The van der Waals surface area contributed by atoms with E-state index in [-0.39, 0.29) is 61.9 Å². The number of hydrogen-bond donors (Lipinski definition) is 3. The SMILES string of the molecule is CC(C)n1ncnc1C(=O)N[C@H](c1cn2ncc([C@@H]3C[C@@H](O)CCN3)nc2n1)C1CCC(F)(F)CC1.Cl. The van der Waals surface area contributed by atoms with Crippen LogP contribution < -0.4 is 10.6 Å². The first-order valence-corrected chi connectivity index (χ1v) is 12.4. The van der Waals surface area contributed by atoms with E-state index in [1.165, 1.54) is 15.5 Å². The zero-order valence-corrected chi connectivity index (χ0v) is 21.5. The zero-order chi connectivity index (χ0) is 25.4. The Kier molecular flexibility index (Phi) is 8.05. The molecule has 0 spiro atoms. The number of aromatic nitrogens is 7. The molecular formula is C23H32ClF2N9O2. The fraction of sp³-hybridized carbons (Fsp3) is 0.652. The van der Waals surface area contributed by atoms with Crippen LogP contribution in [0, 0.1) is 5.92 Å². The lowest BCUT2D eigenvalue weighted by atomic mass is 9.81. The lowest BCUT2D eigenvalue weighted by Crippen LogP contribution is -2.38. The Morgan fingerprint density at radius 2 is 1.97 bits per heavy atom. The number of nitrogens with one attached hydrogen (secondary N) is 2. The highest BCUT2D eigenvalue weighted by Gasteiger charge is 2.40. The summed E-state index contributed by atoms with van der Waals surface area (Å²) in [5.41, 5.74) is 1.17. The molecule has 2 aliphatic rings. The van der Waals surface area contributed by atoms with Crippen LogP contribution in [-0.2, 0) is 0 Å². The van der Waals surface area contributed by atoms with Gasteiger partial charge in [0.2, 0.25) is 11.7 Å². The molecule has 3 N–H and O–H groups in total. The smallest absolute Gasteiger partial charge is 0.289 e. The zero-order valence-electron chi connectivity index (χ0n) is 20.7. The summed E-state index contributed by atoms with van der Waals surface area (Å²) in [6, 6.07) is -0.827. The average Bonchev–Trinajstić information content (AvgIpc) is 3.50. The predicted molar refractivity (Wildman–Crippen MR) is 132 cm³/mol. The van der Waals surface area contributed by atoms with E-state index in [0.29, 0.717) is 36.6 Å². The number of nitrogens with zero attached hydrogens (tertiary/aromatic N) is 7. The van der Waals surface area contributed by atoms with Crippen molar-refractivity contribution >= 4 is 24.1 Å². The minimum absolute atomic E-state index is 0. The molecule has 1 saturated heterocycles. The Bertz CT molecular complexity index is 1220. The van der Waals surface area contributed by atoms with Crippen molar-refractivity contribution in [2.45, 2.75) is 82.5 Å². The van der Waals surface area contributed by atoms with E-state index in [1.807, 2.05) is 13.8 Å². The van der Waals surface area contributed by atoms with E-state index in [4.69, 9.17) is 0 Å². The van der Waals surface area contributed by atoms with Crippen molar-refractivity contribution < 1.29 is 18.7 Å². The van der Waals surface area contributed by atoms with Gasteiger partial charge in [0.25, 0.3) is 11.7 Å². The molecule has 3 atom stereocenters. The van der Waals surface area contributed by atoms with E-state index in [1.54, 1.807) is 12.4 Å². The van der Waals surface area contributed by atoms with Gasteiger partial charge in [-0.15, -0.1) is 12.4 Å². The van der Waals surface area contributed by atoms with Crippen molar-refractivity contribution in [2.24, 2.45) is 5.92 Å². The summed E-state index contributed by atoms with van der Waals surface area (Å²) >= 11 is 0. The molecule has 5 rings (SSSR count). The maximum atomic E-state index is 13.9. The number of aliphatic hydroxyl groups excluding tert-OH is 1. The Morgan fingerprint density at radius 1 is 1.22 bits per heavy atom. The van der Waals surface area contributed by atoms with Crippen molar-refractivity contribution in [1.29, 1.82) is 0 Å². The summed E-state index contributed by atoms with van der Waals surface area (Å²) in [5, 5.41) is 24.9. The third kappa shape index (κ3) is 5.88. The molecule has 202 valence electrons. The van der Waals surface area contributed by atoms with Gasteiger partial charge in [-0.3, -0.25) is 4.79 Å². The first kappa shape index (κ1) is 27.3. The average molecular weight is 540 g/mol. The molecular weight excluding hydrogens is 508 g/mol. The van der Waals surface area contributed by atoms with E-state index in [9.17, 15) is 18.7 Å². The molecule has 11 nitrogen and oxygen atoms in total. The molecule has 3 aromatic rings. The Hall–Kier alpha value is -2.77. The van der Waals surface area contributed by atoms with Gasteiger partial charge in [-0.1, -0.05) is 0 Å². The highest BCUT2D eigenvalue weighted by Crippen LogP contribution is 2.41. The number of carbonyl (C=O) groups excluding carboxylic acids is 1. The van der Waals surface area contributed by atoms with Gasteiger partial charge in [-0.2, -0.15) is 10.2 Å². The second kappa shape index (κ2) is 10.9. The van der Waals surface area contributed by atoms with E-state index < -0.39 is 24.0 Å². The van der Waals surface area contributed by atoms with E-state index in [0.717, 1.165) is 0 Å². The standard InChI is InChI=1S/C23H31F2N9O2.ClH/c1-13(2)34-20(27-12-29-34)21(36)32-19(14-3-6-23(24,25)7-4-14)18-11-33-22(31-18)30-17(10-28-33)16-9-15(35)5-8-26-16;/h10-16,19,26,35H,3-9H2,1-2H3,(H,32,36);1H/t15-,16-,19-;/m0./s1. The molecule has 0 aromatic carbocycles. The molecule has 0 radical (unpaired) electrons. The van der Waals surface area contributed by atoms with Gasteiger partial charge in [-0.05, 0) is 52.0 Å². The van der Waals surface area contributed by atoms with Crippen LogP contribution in [0.25, 0.3) is 5.78 Å². The van der Waals surface area contributed by atoms with Gasteiger partial charge < -0.3 is 15.7 Å². The number of piperidine rings is 1. The number of halogens is 3. The summed E-state index contributed by atoms with van der Waals surface area (Å²) in [4.78, 5) is 26.6. The summed E-state index contributed by atoms with van der Waals surface area (Å²) in [7, 11) is 0. The van der Waals surface area contributed by atoms with Crippen molar-refractivity contribution in [2.75, 3.05) is 6.54 Å². The molecule has 1 saturated carbocycles. The molecule has 4 heterocycles. The van der Waals surface area contributed by atoms with E-state index in [2.05, 4.69) is 35.8 Å². The lowest BCUT2D eigenvalue weighted by Gasteiger charge is -2.33. The molecule has 2 fully saturated rings. The lowest BCUT2D eigenvalue weighted by molar-refractivity contribution is -0.0495. The van der Waals surface area contributed by atoms with Gasteiger partial charge in [0, 0.05) is 18.9 Å². The van der Waals surface area contributed by atoms with Crippen LogP contribution in [0.2, 0.25) is 0 Å². The van der Waals surface area contributed by atoms with Gasteiger partial charge in [0.1, 0.15) is 6.33 Å².